The van der Waals surface area contributed by atoms with Gasteiger partial charge in [-0.05, 0) is 5.56 Å². The molecule has 0 spiro atoms. The number of aliphatic hydroxyl groups is 1. The molecule has 1 unspecified atom stereocenters. The molecule has 2 aromatic heterocycles. The maximum atomic E-state index is 12.9. The Balaban J connectivity index is 1.52. The van der Waals surface area contributed by atoms with E-state index in [-0.39, 0.29) is 35.5 Å². The molecule has 4 N–H and O–H groups in total. The van der Waals surface area contributed by atoms with Crippen LogP contribution in [0.4, 0.5) is 5.13 Å². The number of carbonyl (C=O) groups is 3. The van der Waals surface area contributed by atoms with Crippen molar-refractivity contribution in [3.8, 4) is 0 Å². The SMILES string of the molecule is CON=C(C(=O)NC1C(=O)N2C(C(=O)[O-])=C(C[n+]3ccc(CO)cc3)CS[C@H]12)c1nsc(N)n1. The Morgan fingerprint density at radius 1 is 1.44 bits per heavy atom. The number of nitrogens with one attached hydrogen (secondary N) is 1. The molecule has 178 valence electrons. The Morgan fingerprint density at radius 3 is 2.76 bits per heavy atom. The van der Waals surface area contributed by atoms with E-state index >= 15 is 0 Å². The van der Waals surface area contributed by atoms with Gasteiger partial charge in [0.25, 0.3) is 11.8 Å². The molecule has 13 nitrogen and oxygen atoms in total. The molecule has 2 atom stereocenters. The quantitative estimate of drug-likeness (QED) is 0.148. The molecule has 0 saturated carbocycles. The minimum atomic E-state index is -1.48. The van der Waals surface area contributed by atoms with Gasteiger partial charge >= 0.3 is 0 Å². The second-order valence-corrected chi connectivity index (χ2v) is 9.10. The van der Waals surface area contributed by atoms with Crippen LogP contribution in [0.25, 0.3) is 0 Å². The van der Waals surface area contributed by atoms with Gasteiger partial charge in [0, 0.05) is 35.0 Å². The highest BCUT2D eigenvalue weighted by Gasteiger charge is 2.53. The van der Waals surface area contributed by atoms with E-state index in [4.69, 9.17) is 5.73 Å². The van der Waals surface area contributed by atoms with Crippen LogP contribution in [-0.2, 0) is 32.4 Å². The topological polar surface area (TPSA) is 187 Å². The number of hydrogen-bond acceptors (Lipinski definition) is 12. The zero-order chi connectivity index (χ0) is 24.4. The van der Waals surface area contributed by atoms with Gasteiger partial charge in [0.2, 0.25) is 11.5 Å². The number of anilines is 1. The first-order chi connectivity index (χ1) is 16.3. The van der Waals surface area contributed by atoms with Crippen LogP contribution in [0.1, 0.15) is 11.4 Å². The number of nitrogens with two attached hydrogens (primary N) is 1. The Bertz CT molecular complexity index is 1200. The largest absolute Gasteiger partial charge is 0.543 e. The normalized spacial score (nSPS) is 20.0. The fourth-order valence-electron chi connectivity index (χ4n) is 3.53. The lowest BCUT2D eigenvalue weighted by atomic mass is 10.0. The lowest BCUT2D eigenvalue weighted by molar-refractivity contribution is -0.689. The minimum absolute atomic E-state index is 0.0522. The zero-order valence-electron chi connectivity index (χ0n) is 17.7. The smallest absolute Gasteiger partial charge is 0.278 e. The molecule has 15 heteroatoms. The summed E-state index contributed by atoms with van der Waals surface area (Å²) in [6, 6.07) is 2.44. The van der Waals surface area contributed by atoms with Gasteiger partial charge in [0.15, 0.2) is 24.1 Å². The molecular formula is C19H19N7O6S2. The van der Waals surface area contributed by atoms with E-state index < -0.39 is 29.2 Å². The number of aliphatic carboxylic acids is 1. The average molecular weight is 506 g/mol. The number of pyridine rings is 1. The highest BCUT2D eigenvalue weighted by atomic mass is 32.2. The van der Waals surface area contributed by atoms with Crippen LogP contribution in [-0.4, -0.2) is 67.1 Å². The molecular weight excluding hydrogens is 486 g/mol. The maximum absolute atomic E-state index is 12.9. The summed E-state index contributed by atoms with van der Waals surface area (Å²) in [5, 5.41) is 26.8. The van der Waals surface area contributed by atoms with Crippen molar-refractivity contribution >= 4 is 51.9 Å². The molecule has 4 rings (SSSR count). The molecule has 34 heavy (non-hydrogen) atoms. The van der Waals surface area contributed by atoms with Crippen LogP contribution in [0, 0.1) is 0 Å². The first kappa shape index (κ1) is 23.6. The Hall–Kier alpha value is -3.56. The number of nitrogen functional groups attached to an aromatic ring is 1. The zero-order valence-corrected chi connectivity index (χ0v) is 19.3. The first-order valence-electron chi connectivity index (χ1n) is 9.82. The van der Waals surface area contributed by atoms with Gasteiger partial charge in [0.05, 0.1) is 18.3 Å². The lowest BCUT2D eigenvalue weighted by Gasteiger charge is -2.50. The lowest BCUT2D eigenvalue weighted by Crippen LogP contribution is -2.71. The van der Waals surface area contributed by atoms with E-state index in [1.54, 1.807) is 29.1 Å². The number of carbonyl (C=O) groups excluding carboxylic acids is 3. The molecule has 0 aliphatic carbocycles. The van der Waals surface area contributed by atoms with E-state index in [9.17, 15) is 24.6 Å². The predicted octanol–water partition coefficient (Wildman–Crippen LogP) is -2.65. The van der Waals surface area contributed by atoms with E-state index in [2.05, 4.69) is 24.7 Å². The van der Waals surface area contributed by atoms with Crippen LogP contribution in [0.3, 0.4) is 0 Å². The van der Waals surface area contributed by atoms with Crippen molar-refractivity contribution in [2.24, 2.45) is 5.16 Å². The first-order valence-corrected chi connectivity index (χ1v) is 11.6. The third kappa shape index (κ3) is 4.44. The highest BCUT2D eigenvalue weighted by Crippen LogP contribution is 2.40. The summed E-state index contributed by atoms with van der Waals surface area (Å²) >= 11 is 2.18. The number of carboxylic acid groups (broad SMARTS) is 1. The third-order valence-corrected chi connectivity index (χ3v) is 6.98. The molecule has 0 bridgehead atoms. The summed E-state index contributed by atoms with van der Waals surface area (Å²) in [5.41, 5.74) is 6.29. The molecule has 0 radical (unpaired) electrons. The number of nitrogens with zero attached hydrogens (tertiary/aromatic N) is 5. The van der Waals surface area contributed by atoms with Crippen LogP contribution in [0.5, 0.6) is 0 Å². The number of β-lactam (4-membered cyclic amide) rings is 1. The van der Waals surface area contributed by atoms with E-state index in [0.717, 1.165) is 16.4 Å². The van der Waals surface area contributed by atoms with Gasteiger partial charge in [-0.25, -0.2) is 4.57 Å². The van der Waals surface area contributed by atoms with Crippen LogP contribution >= 0.6 is 23.3 Å². The molecule has 2 aromatic rings. The van der Waals surface area contributed by atoms with Crippen LogP contribution in [0.15, 0.2) is 41.0 Å². The number of oxime groups is 1. The van der Waals surface area contributed by atoms with Gasteiger partial charge in [0.1, 0.15) is 18.5 Å². The van der Waals surface area contributed by atoms with Gasteiger partial charge < -0.3 is 30.9 Å². The molecule has 2 aliphatic rings. The predicted molar refractivity (Wildman–Crippen MR) is 117 cm³/mol. The Kier molecular flexibility index (Phi) is 6.76. The third-order valence-electron chi connectivity index (χ3n) is 5.09. The standard InChI is InChI=1S/C19H19N7O6S2/c1-32-23-11(14-22-19(20)34-24-14)15(28)21-12-16(29)26-13(18(30)31)10(8-33-17(12)26)6-25-4-2-9(7-27)3-5-25/h2-5,12,17,27H,6-8H2,1H3,(H3-,20,21,22,24,28,30,31)/t12?,17-/m1/s1. The van der Waals surface area contributed by atoms with E-state index in [1.807, 2.05) is 0 Å². The summed E-state index contributed by atoms with van der Waals surface area (Å²) in [7, 11) is 1.24. The number of thioether (sulfide) groups is 1. The molecule has 4 heterocycles. The van der Waals surface area contributed by atoms with Crippen molar-refractivity contribution in [1.82, 2.24) is 19.6 Å². The average Bonchev–Trinajstić information content (AvgIpc) is 3.26. The summed E-state index contributed by atoms with van der Waals surface area (Å²) in [6.07, 6.45) is 3.41. The van der Waals surface area contributed by atoms with E-state index in [1.165, 1.54) is 18.9 Å². The van der Waals surface area contributed by atoms with Crippen molar-refractivity contribution in [1.29, 1.82) is 0 Å². The van der Waals surface area contributed by atoms with Crippen LogP contribution in [0.2, 0.25) is 0 Å². The molecule has 0 aromatic carbocycles. The number of carboxylic acids is 1. The summed E-state index contributed by atoms with van der Waals surface area (Å²) < 4.78 is 5.67. The second-order valence-electron chi connectivity index (χ2n) is 7.22. The Morgan fingerprint density at radius 2 is 2.18 bits per heavy atom. The van der Waals surface area contributed by atoms with Gasteiger partial charge in [-0.3, -0.25) is 14.5 Å². The monoisotopic (exact) mass is 505 g/mol. The summed E-state index contributed by atoms with van der Waals surface area (Å²) in [4.78, 5) is 47.3. The molecule has 2 amide bonds. The van der Waals surface area contributed by atoms with Gasteiger partial charge in [-0.2, -0.15) is 9.36 Å². The maximum Gasteiger partial charge on any atom is 0.278 e. The number of aromatic nitrogens is 3. The molecule has 1 fully saturated rings. The van der Waals surface area contributed by atoms with Crippen molar-refractivity contribution in [2.75, 3.05) is 18.6 Å². The number of rotatable bonds is 8. The number of aliphatic hydroxyl groups excluding tert-OH is 1. The second kappa shape index (κ2) is 9.74. The van der Waals surface area contributed by atoms with Gasteiger partial charge in [-0.15, -0.1) is 11.8 Å². The van der Waals surface area contributed by atoms with Crippen molar-refractivity contribution in [3.63, 3.8) is 0 Å². The number of fused-ring (bicyclic) bond motifs is 1. The van der Waals surface area contributed by atoms with Crippen LogP contribution < -0.4 is 20.7 Å². The molecule has 2 aliphatic heterocycles. The van der Waals surface area contributed by atoms with Gasteiger partial charge in [-0.1, -0.05) is 5.16 Å². The summed E-state index contributed by atoms with van der Waals surface area (Å²) in [6.45, 7) is 0.112. The summed E-state index contributed by atoms with van der Waals surface area (Å²) in [5.74, 6) is -2.58. The highest BCUT2D eigenvalue weighted by molar-refractivity contribution is 8.00. The van der Waals surface area contributed by atoms with E-state index in [0.29, 0.717) is 16.9 Å². The minimum Gasteiger partial charge on any atom is -0.543 e. The fraction of sp³-hybridized carbons (Fsp3) is 0.316. The van der Waals surface area contributed by atoms with Crippen molar-refractivity contribution < 1.29 is 34.0 Å². The van der Waals surface area contributed by atoms with Crippen molar-refractivity contribution in [2.45, 2.75) is 24.6 Å². The number of hydrogen-bond donors (Lipinski definition) is 3. The fourth-order valence-corrected chi connectivity index (χ4v) is 5.30. The Labute approximate surface area is 201 Å². The number of amides is 2. The molecule has 1 saturated heterocycles. The van der Waals surface area contributed by atoms with Crippen molar-refractivity contribution in [3.05, 3.63) is 47.2 Å².